The fraction of sp³-hybridized carbons (Fsp3) is 0.269. The van der Waals surface area contributed by atoms with Crippen LogP contribution in [0.25, 0.3) is 0 Å². The van der Waals surface area contributed by atoms with Gasteiger partial charge in [-0.3, -0.25) is 4.79 Å². The van der Waals surface area contributed by atoms with E-state index >= 15 is 0 Å². The second-order valence-corrected chi connectivity index (χ2v) is 8.27. The molecule has 0 aliphatic rings. The zero-order valence-corrected chi connectivity index (χ0v) is 17.9. The molecule has 0 aliphatic carbocycles. The van der Waals surface area contributed by atoms with Gasteiger partial charge in [0.05, 0.1) is 6.54 Å². The monoisotopic (exact) mass is 403 g/mol. The summed E-state index contributed by atoms with van der Waals surface area (Å²) in [5, 5.41) is 3.24. The number of ether oxygens (including phenoxy) is 2. The maximum atomic E-state index is 12.8. The van der Waals surface area contributed by atoms with Crippen LogP contribution in [0.15, 0.2) is 78.9 Å². The van der Waals surface area contributed by atoms with Crippen LogP contribution in [-0.4, -0.2) is 17.9 Å². The van der Waals surface area contributed by atoms with Gasteiger partial charge in [0.1, 0.15) is 24.7 Å². The minimum Gasteiger partial charge on any atom is -0.489 e. The Balaban J connectivity index is 1.76. The normalized spacial score (nSPS) is 11.2. The molecule has 0 aliphatic heterocycles. The van der Waals surface area contributed by atoms with Gasteiger partial charge in [0.2, 0.25) is 0 Å². The number of rotatable bonds is 9. The van der Waals surface area contributed by atoms with Crippen LogP contribution < -0.4 is 14.8 Å². The van der Waals surface area contributed by atoms with Crippen LogP contribution in [0.3, 0.4) is 0 Å². The Hall–Kier alpha value is -3.11. The lowest BCUT2D eigenvalue weighted by molar-refractivity contribution is 0.0981. The van der Waals surface area contributed by atoms with Crippen molar-refractivity contribution < 1.29 is 14.3 Å². The van der Waals surface area contributed by atoms with Gasteiger partial charge in [-0.15, -0.1) is 0 Å². The first-order valence-electron chi connectivity index (χ1n) is 10.2. The van der Waals surface area contributed by atoms with E-state index < -0.39 is 0 Å². The van der Waals surface area contributed by atoms with Crippen molar-refractivity contribution in [1.82, 2.24) is 5.32 Å². The molecule has 3 aromatic rings. The van der Waals surface area contributed by atoms with Gasteiger partial charge >= 0.3 is 0 Å². The number of carbonyl (C=O) groups excluding carboxylic acids is 1. The highest BCUT2D eigenvalue weighted by Crippen LogP contribution is 2.25. The van der Waals surface area contributed by atoms with E-state index in [4.69, 9.17) is 9.47 Å². The summed E-state index contributed by atoms with van der Waals surface area (Å²) in [6.07, 6.45) is 0. The fourth-order valence-electron chi connectivity index (χ4n) is 2.83. The Morgan fingerprint density at radius 3 is 1.67 bits per heavy atom. The van der Waals surface area contributed by atoms with E-state index in [1.54, 1.807) is 12.1 Å². The molecule has 0 unspecified atom stereocenters. The van der Waals surface area contributed by atoms with Crippen molar-refractivity contribution in [3.05, 3.63) is 95.6 Å². The molecule has 4 nitrogen and oxygen atoms in total. The van der Waals surface area contributed by atoms with E-state index in [1.807, 2.05) is 87.5 Å². The Labute approximate surface area is 178 Å². The summed E-state index contributed by atoms with van der Waals surface area (Å²) < 4.78 is 11.9. The molecule has 0 atom stereocenters. The van der Waals surface area contributed by atoms with E-state index in [1.165, 1.54) is 0 Å². The minimum atomic E-state index is -0.135. The highest BCUT2D eigenvalue weighted by Gasteiger charge is 2.15. The van der Waals surface area contributed by atoms with E-state index in [-0.39, 0.29) is 17.9 Å². The number of benzene rings is 3. The maximum absolute atomic E-state index is 12.8. The quantitative estimate of drug-likeness (QED) is 0.485. The van der Waals surface area contributed by atoms with Crippen molar-refractivity contribution in [3.8, 4) is 11.5 Å². The van der Waals surface area contributed by atoms with Crippen molar-refractivity contribution in [2.45, 2.75) is 39.5 Å². The van der Waals surface area contributed by atoms with Crippen LogP contribution >= 0.6 is 0 Å². The molecular formula is C26H29NO3. The zero-order valence-electron chi connectivity index (χ0n) is 17.9. The molecule has 0 amide bonds. The molecule has 0 saturated heterocycles. The lowest BCUT2D eigenvalue weighted by Crippen LogP contribution is -2.39. The van der Waals surface area contributed by atoms with Crippen molar-refractivity contribution in [2.75, 3.05) is 6.54 Å². The van der Waals surface area contributed by atoms with Gasteiger partial charge < -0.3 is 14.8 Å². The van der Waals surface area contributed by atoms with Crippen LogP contribution in [0.2, 0.25) is 0 Å². The number of nitrogens with one attached hydrogen (secondary N) is 1. The lowest BCUT2D eigenvalue weighted by atomic mass is 10.1. The summed E-state index contributed by atoms with van der Waals surface area (Å²) in [6.45, 7) is 7.22. The molecule has 4 heteroatoms. The van der Waals surface area contributed by atoms with Crippen LogP contribution in [0.5, 0.6) is 11.5 Å². The minimum absolute atomic E-state index is 0.000327. The lowest BCUT2D eigenvalue weighted by Gasteiger charge is -2.20. The molecular weight excluding hydrogens is 374 g/mol. The average molecular weight is 404 g/mol. The van der Waals surface area contributed by atoms with E-state index in [0.717, 1.165) is 11.1 Å². The number of Topliss-reactive ketones (excluding diaryl/α,β-unsaturated/α-hetero) is 1. The van der Waals surface area contributed by atoms with Crippen LogP contribution in [0.1, 0.15) is 42.3 Å². The topological polar surface area (TPSA) is 47.6 Å². The van der Waals surface area contributed by atoms with Gasteiger partial charge in [0.15, 0.2) is 5.78 Å². The van der Waals surface area contributed by atoms with Gasteiger partial charge in [0, 0.05) is 17.2 Å². The molecule has 3 rings (SSSR count). The van der Waals surface area contributed by atoms with Crippen LogP contribution in [0.4, 0.5) is 0 Å². The van der Waals surface area contributed by atoms with Gasteiger partial charge in [-0.05, 0) is 44.0 Å². The van der Waals surface area contributed by atoms with Gasteiger partial charge in [-0.25, -0.2) is 0 Å². The van der Waals surface area contributed by atoms with Crippen molar-refractivity contribution in [1.29, 1.82) is 0 Å². The van der Waals surface area contributed by atoms with E-state index in [0.29, 0.717) is 30.3 Å². The molecule has 3 aromatic carbocycles. The van der Waals surface area contributed by atoms with Crippen molar-refractivity contribution >= 4 is 5.78 Å². The summed E-state index contributed by atoms with van der Waals surface area (Å²) in [7, 11) is 0. The summed E-state index contributed by atoms with van der Waals surface area (Å²) in [4.78, 5) is 12.8. The fourth-order valence-corrected chi connectivity index (χ4v) is 2.83. The first kappa shape index (κ1) is 21.6. The van der Waals surface area contributed by atoms with Gasteiger partial charge in [-0.1, -0.05) is 60.7 Å². The molecule has 156 valence electrons. The molecule has 0 bridgehead atoms. The van der Waals surface area contributed by atoms with Gasteiger partial charge in [-0.2, -0.15) is 0 Å². The first-order valence-corrected chi connectivity index (χ1v) is 10.2. The molecule has 0 radical (unpaired) electrons. The highest BCUT2D eigenvalue weighted by atomic mass is 16.5. The summed E-state index contributed by atoms with van der Waals surface area (Å²) in [5.74, 6) is 1.23. The predicted molar refractivity (Wildman–Crippen MR) is 120 cm³/mol. The number of ketones is 1. The smallest absolute Gasteiger partial charge is 0.176 e. The molecule has 0 fully saturated rings. The average Bonchev–Trinajstić information content (AvgIpc) is 2.75. The molecule has 30 heavy (non-hydrogen) atoms. The number of hydrogen-bond donors (Lipinski definition) is 1. The second kappa shape index (κ2) is 10.1. The van der Waals surface area contributed by atoms with Crippen molar-refractivity contribution in [3.63, 3.8) is 0 Å². The van der Waals surface area contributed by atoms with E-state index in [9.17, 15) is 4.79 Å². The molecule has 0 spiro atoms. The molecule has 1 N–H and O–H groups in total. The maximum Gasteiger partial charge on any atom is 0.176 e. The second-order valence-electron chi connectivity index (χ2n) is 8.27. The van der Waals surface area contributed by atoms with Gasteiger partial charge in [0.25, 0.3) is 0 Å². The van der Waals surface area contributed by atoms with E-state index in [2.05, 4.69) is 5.32 Å². The van der Waals surface area contributed by atoms with Crippen molar-refractivity contribution in [2.24, 2.45) is 0 Å². The summed E-state index contributed by atoms with van der Waals surface area (Å²) in [5.41, 5.74) is 2.56. The number of hydrogen-bond acceptors (Lipinski definition) is 4. The summed E-state index contributed by atoms with van der Waals surface area (Å²) in [6, 6.07) is 25.3. The third-order valence-corrected chi connectivity index (χ3v) is 4.48. The molecule has 0 aromatic heterocycles. The largest absolute Gasteiger partial charge is 0.489 e. The molecule has 0 heterocycles. The third-order valence-electron chi connectivity index (χ3n) is 4.48. The predicted octanol–water partition coefficient (Wildman–Crippen LogP) is 5.42. The third kappa shape index (κ3) is 7.05. The first-order chi connectivity index (χ1) is 14.4. The van der Waals surface area contributed by atoms with Crippen LogP contribution in [0, 0.1) is 0 Å². The Kier molecular flexibility index (Phi) is 7.26. The Morgan fingerprint density at radius 1 is 0.767 bits per heavy atom. The number of carbonyl (C=O) groups is 1. The molecule has 0 saturated carbocycles. The zero-order chi connectivity index (χ0) is 21.4. The Morgan fingerprint density at radius 2 is 1.23 bits per heavy atom. The standard InChI is InChI=1S/C26H29NO3/c1-26(2,3)27-17-25(28)22-14-23(29-18-20-10-6-4-7-11-20)16-24(15-22)30-19-21-12-8-5-9-13-21/h4-16,27H,17-19H2,1-3H3. The summed E-state index contributed by atoms with van der Waals surface area (Å²) >= 11 is 0. The Bertz CT molecular complexity index is 885. The van der Waals surface area contributed by atoms with Crippen LogP contribution in [-0.2, 0) is 13.2 Å². The highest BCUT2D eigenvalue weighted by molar-refractivity contribution is 5.98. The SMILES string of the molecule is CC(C)(C)NCC(=O)c1cc(OCc2ccccc2)cc(OCc2ccccc2)c1.